The second kappa shape index (κ2) is 7.25. The lowest BCUT2D eigenvalue weighted by Gasteiger charge is -2.13. The molecular weight excluding hydrogens is 346 g/mol. The van der Waals surface area contributed by atoms with Crippen molar-refractivity contribution in [3.63, 3.8) is 0 Å². The zero-order valence-electron chi connectivity index (χ0n) is 13.6. The summed E-state index contributed by atoms with van der Waals surface area (Å²) in [7, 11) is -2.58. The molecule has 0 unspecified atom stereocenters. The first-order valence-electron chi connectivity index (χ1n) is 7.11. The van der Waals surface area contributed by atoms with Gasteiger partial charge in [-0.05, 0) is 19.1 Å². The molecule has 0 bridgehead atoms. The van der Waals surface area contributed by atoms with Gasteiger partial charge in [0.25, 0.3) is 0 Å². The predicted octanol–water partition coefficient (Wildman–Crippen LogP) is 1.33. The van der Waals surface area contributed by atoms with Gasteiger partial charge in [0.05, 0.1) is 19.4 Å². The smallest absolute Gasteiger partial charge is 0.241 e. The van der Waals surface area contributed by atoms with E-state index >= 15 is 0 Å². The first kappa shape index (κ1) is 18.3. The number of pyridine rings is 1. The average molecular weight is 363 g/mol. The minimum Gasteiger partial charge on any atom is -0.495 e. The Morgan fingerprint density at radius 2 is 2.08 bits per heavy atom. The molecule has 0 aliphatic heterocycles. The Morgan fingerprint density at radius 1 is 1.36 bits per heavy atom. The van der Waals surface area contributed by atoms with E-state index in [1.54, 1.807) is 6.92 Å². The molecule has 1 aromatic carbocycles. The molecule has 1 heterocycles. The van der Waals surface area contributed by atoms with E-state index in [0.717, 1.165) is 0 Å². The highest BCUT2D eigenvalue weighted by molar-refractivity contribution is 7.89. The summed E-state index contributed by atoms with van der Waals surface area (Å²) in [6.45, 7) is 2.08. The number of rotatable bonds is 6. The Labute approximate surface area is 145 Å². The molecule has 0 fully saturated rings. The minimum atomic E-state index is -3.91. The fraction of sp³-hybridized carbons (Fsp3) is 0.200. The number of sulfonamides is 1. The Morgan fingerprint density at radius 3 is 2.64 bits per heavy atom. The van der Waals surface area contributed by atoms with Crippen molar-refractivity contribution >= 4 is 27.2 Å². The van der Waals surface area contributed by atoms with E-state index in [4.69, 9.17) is 25.6 Å². The van der Waals surface area contributed by atoms with Crippen LogP contribution in [0.25, 0.3) is 0 Å². The van der Waals surface area contributed by atoms with Crippen LogP contribution in [0, 0.1) is 11.3 Å². The van der Waals surface area contributed by atoms with Crippen molar-refractivity contribution in [3.8, 4) is 17.7 Å². The highest BCUT2D eigenvalue weighted by Crippen LogP contribution is 2.30. The molecule has 10 heteroatoms. The monoisotopic (exact) mass is 363 g/mol. The first-order valence-corrected chi connectivity index (χ1v) is 8.66. The van der Waals surface area contributed by atoms with E-state index in [0.29, 0.717) is 18.1 Å². The van der Waals surface area contributed by atoms with E-state index in [-0.39, 0.29) is 27.8 Å². The van der Waals surface area contributed by atoms with Gasteiger partial charge in [0.1, 0.15) is 28.1 Å². The summed E-state index contributed by atoms with van der Waals surface area (Å²) >= 11 is 0. The second-order valence-electron chi connectivity index (χ2n) is 4.86. The normalized spacial score (nSPS) is 10.8. The Hall–Kier alpha value is -3.03. The maximum absolute atomic E-state index is 11.5. The standard InChI is InChI=1S/C15H17N5O4S/c1-3-24-15-10(8-16)11(17)7-14(20-15)19-9-4-5-13(25(18,21)22)12(6-9)23-2/h4-7H,3H2,1-2H3,(H3,17,19,20)(H2,18,21,22). The minimum absolute atomic E-state index is 0.0825. The van der Waals surface area contributed by atoms with E-state index in [1.165, 1.54) is 31.4 Å². The molecular formula is C15H17N5O4S. The topological polar surface area (TPSA) is 153 Å². The van der Waals surface area contributed by atoms with Crippen molar-refractivity contribution < 1.29 is 17.9 Å². The summed E-state index contributed by atoms with van der Waals surface area (Å²) < 4.78 is 33.4. The van der Waals surface area contributed by atoms with Crippen molar-refractivity contribution in [1.29, 1.82) is 5.26 Å². The lowest BCUT2D eigenvalue weighted by molar-refractivity contribution is 0.326. The van der Waals surface area contributed by atoms with E-state index in [2.05, 4.69) is 10.3 Å². The summed E-state index contributed by atoms with van der Waals surface area (Å²) in [6, 6.07) is 7.68. The molecule has 2 aromatic rings. The number of nitrogens with one attached hydrogen (secondary N) is 1. The fourth-order valence-electron chi connectivity index (χ4n) is 2.09. The molecule has 0 spiro atoms. The van der Waals surface area contributed by atoms with Gasteiger partial charge in [-0.25, -0.2) is 13.6 Å². The van der Waals surface area contributed by atoms with Gasteiger partial charge < -0.3 is 20.5 Å². The number of benzene rings is 1. The summed E-state index contributed by atoms with van der Waals surface area (Å²) in [5.74, 6) is 0.519. The molecule has 132 valence electrons. The van der Waals surface area contributed by atoms with Crippen LogP contribution in [0.5, 0.6) is 11.6 Å². The fourth-order valence-corrected chi connectivity index (χ4v) is 2.77. The highest BCUT2D eigenvalue weighted by Gasteiger charge is 2.16. The Bertz CT molecular complexity index is 938. The van der Waals surface area contributed by atoms with Crippen LogP contribution in [0.2, 0.25) is 0 Å². The quantitative estimate of drug-likeness (QED) is 0.694. The van der Waals surface area contributed by atoms with Gasteiger partial charge in [-0.1, -0.05) is 0 Å². The molecule has 0 amide bonds. The van der Waals surface area contributed by atoms with Crippen LogP contribution in [-0.4, -0.2) is 27.1 Å². The molecule has 9 nitrogen and oxygen atoms in total. The Kier molecular flexibility index (Phi) is 5.31. The first-order chi connectivity index (χ1) is 11.8. The van der Waals surface area contributed by atoms with Crippen LogP contribution < -0.4 is 25.7 Å². The van der Waals surface area contributed by atoms with E-state index in [9.17, 15) is 8.42 Å². The number of nitriles is 1. The average Bonchev–Trinajstić information content (AvgIpc) is 2.54. The number of nitrogens with zero attached hydrogens (tertiary/aromatic N) is 2. The van der Waals surface area contributed by atoms with E-state index < -0.39 is 10.0 Å². The molecule has 0 atom stereocenters. The molecule has 25 heavy (non-hydrogen) atoms. The highest BCUT2D eigenvalue weighted by atomic mass is 32.2. The maximum atomic E-state index is 11.5. The SMILES string of the molecule is CCOc1nc(Nc2ccc(S(N)(=O)=O)c(OC)c2)cc(N)c1C#N. The predicted molar refractivity (Wildman–Crippen MR) is 92.2 cm³/mol. The lowest BCUT2D eigenvalue weighted by atomic mass is 10.2. The summed E-state index contributed by atoms with van der Waals surface area (Å²) in [6.07, 6.45) is 0. The third kappa shape index (κ3) is 4.09. The molecule has 0 aliphatic rings. The van der Waals surface area contributed by atoms with Gasteiger partial charge >= 0.3 is 0 Å². The number of anilines is 3. The number of primary sulfonamides is 1. The lowest BCUT2D eigenvalue weighted by Crippen LogP contribution is -2.13. The van der Waals surface area contributed by atoms with Crippen LogP contribution >= 0.6 is 0 Å². The van der Waals surface area contributed by atoms with Gasteiger partial charge in [-0.2, -0.15) is 10.2 Å². The number of nitrogen functional groups attached to an aromatic ring is 1. The number of hydrogen-bond acceptors (Lipinski definition) is 8. The zero-order valence-corrected chi connectivity index (χ0v) is 14.4. The zero-order chi connectivity index (χ0) is 18.6. The molecule has 0 saturated carbocycles. The van der Waals surface area contributed by atoms with Crippen LogP contribution in [0.15, 0.2) is 29.2 Å². The van der Waals surface area contributed by atoms with Gasteiger partial charge in [0, 0.05) is 17.8 Å². The van der Waals surface area contributed by atoms with Crippen molar-refractivity contribution in [2.24, 2.45) is 5.14 Å². The molecule has 2 rings (SSSR count). The number of aromatic nitrogens is 1. The second-order valence-corrected chi connectivity index (χ2v) is 6.39. The van der Waals surface area contributed by atoms with Crippen molar-refractivity contribution in [2.75, 3.05) is 24.8 Å². The summed E-state index contributed by atoms with van der Waals surface area (Å²) in [5.41, 5.74) is 6.69. The van der Waals surface area contributed by atoms with Gasteiger partial charge in [-0.15, -0.1) is 0 Å². The largest absolute Gasteiger partial charge is 0.495 e. The van der Waals surface area contributed by atoms with E-state index in [1.807, 2.05) is 6.07 Å². The van der Waals surface area contributed by atoms with Crippen LogP contribution in [0.4, 0.5) is 17.2 Å². The molecule has 1 aromatic heterocycles. The van der Waals surface area contributed by atoms with Crippen LogP contribution in [0.3, 0.4) is 0 Å². The number of methoxy groups -OCH3 is 1. The molecule has 5 N–H and O–H groups in total. The summed E-state index contributed by atoms with van der Waals surface area (Å²) in [5, 5.41) is 17.2. The summed E-state index contributed by atoms with van der Waals surface area (Å²) in [4.78, 5) is 4.06. The van der Waals surface area contributed by atoms with Crippen molar-refractivity contribution in [3.05, 3.63) is 29.8 Å². The number of nitrogens with two attached hydrogens (primary N) is 2. The van der Waals surface area contributed by atoms with Gasteiger partial charge in [0.15, 0.2) is 0 Å². The van der Waals surface area contributed by atoms with Gasteiger partial charge in [0.2, 0.25) is 15.9 Å². The third-order valence-corrected chi connectivity index (χ3v) is 4.10. The molecule has 0 saturated heterocycles. The van der Waals surface area contributed by atoms with Gasteiger partial charge in [-0.3, -0.25) is 0 Å². The maximum Gasteiger partial charge on any atom is 0.241 e. The molecule has 0 radical (unpaired) electrons. The number of hydrogen-bond donors (Lipinski definition) is 3. The van der Waals surface area contributed by atoms with Crippen molar-refractivity contribution in [1.82, 2.24) is 4.98 Å². The Balaban J connectivity index is 2.42. The molecule has 0 aliphatic carbocycles. The third-order valence-electron chi connectivity index (χ3n) is 3.15. The van der Waals surface area contributed by atoms with Crippen LogP contribution in [0.1, 0.15) is 12.5 Å². The van der Waals surface area contributed by atoms with Crippen molar-refractivity contribution in [2.45, 2.75) is 11.8 Å². The van der Waals surface area contributed by atoms with Crippen LogP contribution in [-0.2, 0) is 10.0 Å². The number of ether oxygens (including phenoxy) is 2.